The van der Waals surface area contributed by atoms with Crippen LogP contribution in [-0.2, 0) is 11.8 Å². The maximum Gasteiger partial charge on any atom is 0.214 e. The Balaban J connectivity index is 2.14. The van der Waals surface area contributed by atoms with Gasteiger partial charge in [-0.15, -0.1) is 0 Å². The van der Waals surface area contributed by atoms with Crippen molar-refractivity contribution in [2.24, 2.45) is 5.16 Å². The summed E-state index contributed by atoms with van der Waals surface area (Å²) < 4.78 is 2.11. The van der Waals surface area contributed by atoms with Gasteiger partial charge in [0, 0.05) is 11.6 Å². The summed E-state index contributed by atoms with van der Waals surface area (Å²) in [5.41, 5.74) is 4.53. The fraction of sp³-hybridized carbons (Fsp3) is 0.222. The van der Waals surface area contributed by atoms with Crippen molar-refractivity contribution in [2.45, 2.75) is 18.8 Å². The lowest BCUT2D eigenvalue weighted by atomic mass is 9.75. The Hall–Kier alpha value is -2.42. The Bertz CT molecular complexity index is 719. The second kappa shape index (κ2) is 5.17. The topological polar surface area (TPSA) is 35.6 Å². The lowest BCUT2D eigenvalue weighted by molar-refractivity contribution is -0.400. The van der Waals surface area contributed by atoms with E-state index < -0.39 is 0 Å². The van der Waals surface area contributed by atoms with E-state index in [1.165, 1.54) is 16.8 Å². The fourth-order valence-corrected chi connectivity index (χ4v) is 3.34. The third-order valence-corrected chi connectivity index (χ3v) is 4.37. The van der Waals surface area contributed by atoms with Crippen LogP contribution in [0.15, 0.2) is 59.8 Å². The number of nitrogens with zero attached hydrogens (tertiary/aromatic N) is 2. The van der Waals surface area contributed by atoms with Crippen LogP contribution in [0.5, 0.6) is 0 Å². The fourth-order valence-electron chi connectivity index (χ4n) is 3.34. The molecule has 1 aliphatic rings. The van der Waals surface area contributed by atoms with Crippen LogP contribution in [0.1, 0.15) is 18.1 Å². The Morgan fingerprint density at radius 3 is 2.48 bits per heavy atom. The molecule has 2 aromatic carbocycles. The van der Waals surface area contributed by atoms with E-state index in [0.717, 1.165) is 12.1 Å². The molecule has 1 N–H and O–H groups in total. The Kier molecular flexibility index (Phi) is 3.34. The molecule has 2 aromatic rings. The molecule has 0 bridgehead atoms. The second-order valence-corrected chi connectivity index (χ2v) is 5.70. The van der Waals surface area contributed by atoms with Crippen LogP contribution >= 0.6 is 0 Å². The third-order valence-electron chi connectivity index (χ3n) is 4.37. The molecule has 0 spiro atoms. The zero-order valence-corrected chi connectivity index (χ0v) is 12.3. The van der Waals surface area contributed by atoms with Gasteiger partial charge < -0.3 is 5.21 Å². The highest BCUT2D eigenvalue weighted by atomic mass is 16.4. The van der Waals surface area contributed by atoms with E-state index in [2.05, 4.69) is 59.1 Å². The first-order valence-corrected chi connectivity index (χ1v) is 7.09. The van der Waals surface area contributed by atoms with Gasteiger partial charge in [-0.25, -0.2) is 0 Å². The largest absolute Gasteiger partial charge is 0.411 e. The average Bonchev–Trinajstić information content (AvgIpc) is 2.71. The van der Waals surface area contributed by atoms with E-state index >= 15 is 0 Å². The van der Waals surface area contributed by atoms with Gasteiger partial charge in [0.1, 0.15) is 13.3 Å². The normalized spacial score (nSPS) is 21.0. The standard InChI is InChI=1S/C18H18N2O/c1-18(12-14-8-4-3-5-9-14)15-10-6-7-11-16(15)20(2)17(18)13-19-21/h3-11,13H,12H2,1-2H3/p+1. The van der Waals surface area contributed by atoms with Gasteiger partial charge >= 0.3 is 0 Å². The summed E-state index contributed by atoms with van der Waals surface area (Å²) in [5, 5.41) is 12.3. The van der Waals surface area contributed by atoms with Crippen LogP contribution in [0.3, 0.4) is 0 Å². The smallest absolute Gasteiger partial charge is 0.214 e. The minimum Gasteiger partial charge on any atom is -0.411 e. The maximum absolute atomic E-state index is 9.04. The van der Waals surface area contributed by atoms with Crippen LogP contribution in [0.4, 0.5) is 5.69 Å². The predicted molar refractivity (Wildman–Crippen MR) is 85.1 cm³/mol. The molecular weight excluding hydrogens is 260 g/mol. The first-order chi connectivity index (χ1) is 10.2. The molecule has 0 fully saturated rings. The molecule has 0 aromatic heterocycles. The van der Waals surface area contributed by atoms with Crippen molar-refractivity contribution in [2.75, 3.05) is 7.05 Å². The second-order valence-electron chi connectivity index (χ2n) is 5.70. The van der Waals surface area contributed by atoms with Gasteiger partial charge in [-0.05, 0) is 18.9 Å². The van der Waals surface area contributed by atoms with Crippen molar-refractivity contribution < 1.29 is 9.78 Å². The molecule has 3 nitrogen and oxygen atoms in total. The summed E-state index contributed by atoms with van der Waals surface area (Å²) in [6, 6.07) is 18.8. The number of oxime groups is 1. The molecule has 0 saturated heterocycles. The average molecular weight is 279 g/mol. The van der Waals surface area contributed by atoms with E-state index in [9.17, 15) is 0 Å². The highest BCUT2D eigenvalue weighted by molar-refractivity contribution is 6.33. The minimum atomic E-state index is -0.196. The van der Waals surface area contributed by atoms with Gasteiger partial charge in [-0.2, -0.15) is 4.58 Å². The maximum atomic E-state index is 9.04. The van der Waals surface area contributed by atoms with Crippen LogP contribution in [0, 0.1) is 0 Å². The lowest BCUT2D eigenvalue weighted by Crippen LogP contribution is -2.35. The van der Waals surface area contributed by atoms with E-state index in [0.29, 0.717) is 0 Å². The van der Waals surface area contributed by atoms with Crippen molar-refractivity contribution >= 4 is 17.6 Å². The van der Waals surface area contributed by atoms with Crippen molar-refractivity contribution in [3.05, 3.63) is 65.7 Å². The van der Waals surface area contributed by atoms with Crippen LogP contribution in [0.25, 0.3) is 0 Å². The summed E-state index contributed by atoms with van der Waals surface area (Å²) in [6.07, 6.45) is 2.43. The van der Waals surface area contributed by atoms with Crippen molar-refractivity contribution in [3.63, 3.8) is 0 Å². The summed E-state index contributed by atoms with van der Waals surface area (Å²) >= 11 is 0. The SMILES string of the molecule is C[N+]1=C(C=NO)C(C)(Cc2ccccc2)c2ccccc21. The highest BCUT2D eigenvalue weighted by Crippen LogP contribution is 2.40. The minimum absolute atomic E-state index is 0.196. The zero-order valence-electron chi connectivity index (χ0n) is 12.3. The van der Waals surface area contributed by atoms with Gasteiger partial charge in [-0.3, -0.25) is 0 Å². The molecule has 106 valence electrons. The number of benzene rings is 2. The van der Waals surface area contributed by atoms with Crippen LogP contribution in [-0.4, -0.2) is 28.8 Å². The van der Waals surface area contributed by atoms with E-state index in [1.54, 1.807) is 6.21 Å². The molecule has 0 saturated carbocycles. The van der Waals surface area contributed by atoms with Gasteiger partial charge in [0.15, 0.2) is 0 Å². The van der Waals surface area contributed by atoms with Gasteiger partial charge in [-0.1, -0.05) is 53.7 Å². The zero-order chi connectivity index (χ0) is 14.9. The molecule has 1 heterocycles. The van der Waals surface area contributed by atoms with Gasteiger partial charge in [0.25, 0.3) is 0 Å². The summed E-state index contributed by atoms with van der Waals surface area (Å²) in [6.45, 7) is 2.21. The molecule has 1 aliphatic heterocycles. The Labute approximate surface area is 124 Å². The Morgan fingerprint density at radius 1 is 1.10 bits per heavy atom. The van der Waals surface area contributed by atoms with Crippen molar-refractivity contribution in [3.8, 4) is 0 Å². The molecule has 0 amide bonds. The van der Waals surface area contributed by atoms with E-state index in [1.807, 2.05) is 19.2 Å². The number of hydrogen-bond acceptors (Lipinski definition) is 2. The molecule has 3 heteroatoms. The molecule has 0 radical (unpaired) electrons. The van der Waals surface area contributed by atoms with Gasteiger partial charge in [0.05, 0.1) is 5.41 Å². The molecule has 3 rings (SSSR count). The van der Waals surface area contributed by atoms with Crippen LogP contribution < -0.4 is 0 Å². The Morgan fingerprint density at radius 2 is 1.76 bits per heavy atom. The van der Waals surface area contributed by atoms with E-state index in [-0.39, 0.29) is 5.41 Å². The number of rotatable bonds is 3. The monoisotopic (exact) mass is 279 g/mol. The van der Waals surface area contributed by atoms with Crippen molar-refractivity contribution in [1.29, 1.82) is 0 Å². The van der Waals surface area contributed by atoms with E-state index in [4.69, 9.17) is 5.21 Å². The highest BCUT2D eigenvalue weighted by Gasteiger charge is 2.46. The summed E-state index contributed by atoms with van der Waals surface area (Å²) in [5.74, 6) is 0. The molecule has 21 heavy (non-hydrogen) atoms. The molecule has 1 atom stereocenters. The summed E-state index contributed by atoms with van der Waals surface area (Å²) in [4.78, 5) is 0. The molecular formula is C18H19N2O+. The first kappa shape index (κ1) is 13.6. The van der Waals surface area contributed by atoms with Crippen LogP contribution in [0.2, 0.25) is 0 Å². The quantitative estimate of drug-likeness (QED) is 0.397. The summed E-state index contributed by atoms with van der Waals surface area (Å²) in [7, 11) is 2.02. The lowest BCUT2D eigenvalue weighted by Gasteiger charge is -2.22. The first-order valence-electron chi connectivity index (χ1n) is 7.09. The predicted octanol–water partition coefficient (Wildman–Crippen LogP) is 3.38. The van der Waals surface area contributed by atoms with Crippen molar-refractivity contribution in [1.82, 2.24) is 0 Å². The molecule has 1 unspecified atom stereocenters. The number of fused-ring (bicyclic) bond motifs is 1. The van der Waals surface area contributed by atoms with Gasteiger partial charge in [0.2, 0.25) is 11.4 Å². The molecule has 0 aliphatic carbocycles. The number of para-hydroxylation sites is 1. The number of hydrogen-bond donors (Lipinski definition) is 1. The third kappa shape index (κ3) is 2.15.